The molecule has 2 heteroatoms. The first kappa shape index (κ1) is 14.5. The van der Waals surface area contributed by atoms with Crippen molar-refractivity contribution < 1.29 is 0 Å². The van der Waals surface area contributed by atoms with Gasteiger partial charge in [-0.2, -0.15) is 0 Å². The second-order valence-corrected chi connectivity index (χ2v) is 6.07. The summed E-state index contributed by atoms with van der Waals surface area (Å²) in [5.41, 5.74) is 1.86. The molecule has 1 aliphatic heterocycles. The Morgan fingerprint density at radius 3 is 2.42 bits per heavy atom. The molecule has 1 unspecified atom stereocenters. The Morgan fingerprint density at radius 2 is 1.84 bits per heavy atom. The molecule has 0 aromatic heterocycles. The van der Waals surface area contributed by atoms with Gasteiger partial charge in [0.15, 0.2) is 0 Å². The highest BCUT2D eigenvalue weighted by atomic mass is 15.1. The summed E-state index contributed by atoms with van der Waals surface area (Å²) < 4.78 is 0. The zero-order valence-electron chi connectivity index (χ0n) is 12.7. The first-order chi connectivity index (χ1) is 9.18. The summed E-state index contributed by atoms with van der Waals surface area (Å²) >= 11 is 0. The smallest absolute Gasteiger partial charge is 0.0104 e. The highest BCUT2D eigenvalue weighted by Crippen LogP contribution is 2.34. The van der Waals surface area contributed by atoms with Crippen molar-refractivity contribution in [3.63, 3.8) is 0 Å². The molecule has 1 aliphatic rings. The van der Waals surface area contributed by atoms with Crippen LogP contribution in [-0.2, 0) is 5.41 Å². The van der Waals surface area contributed by atoms with Gasteiger partial charge in [-0.3, -0.25) is 0 Å². The number of piperidine rings is 1. The molecule has 1 heterocycles. The number of benzene rings is 1. The van der Waals surface area contributed by atoms with Crippen LogP contribution in [0.1, 0.15) is 38.7 Å². The maximum atomic E-state index is 3.51. The second kappa shape index (κ2) is 6.53. The number of rotatable bonds is 5. The van der Waals surface area contributed by atoms with E-state index >= 15 is 0 Å². The van der Waals surface area contributed by atoms with Gasteiger partial charge in [-0.25, -0.2) is 0 Å². The Bertz CT molecular complexity index is 368. The fraction of sp³-hybridized carbons (Fsp3) is 0.647. The highest BCUT2D eigenvalue weighted by molar-refractivity contribution is 5.27. The second-order valence-electron chi connectivity index (χ2n) is 6.07. The lowest BCUT2D eigenvalue weighted by Crippen LogP contribution is -2.48. The minimum absolute atomic E-state index is 0.338. The zero-order valence-corrected chi connectivity index (χ0v) is 12.7. The van der Waals surface area contributed by atoms with Crippen molar-refractivity contribution in [1.82, 2.24) is 10.2 Å². The number of nitrogens with zero attached hydrogens (tertiary/aromatic N) is 1. The van der Waals surface area contributed by atoms with E-state index in [0.717, 1.165) is 13.1 Å². The van der Waals surface area contributed by atoms with Gasteiger partial charge in [0.1, 0.15) is 0 Å². The molecule has 19 heavy (non-hydrogen) atoms. The van der Waals surface area contributed by atoms with Crippen LogP contribution in [0.3, 0.4) is 0 Å². The van der Waals surface area contributed by atoms with Crippen LogP contribution in [0, 0.1) is 0 Å². The summed E-state index contributed by atoms with van der Waals surface area (Å²) in [6.45, 7) is 8.07. The Labute approximate surface area is 118 Å². The van der Waals surface area contributed by atoms with Gasteiger partial charge in [-0.1, -0.05) is 37.3 Å². The van der Waals surface area contributed by atoms with E-state index in [9.17, 15) is 0 Å². The lowest BCUT2D eigenvalue weighted by molar-refractivity contribution is 0.163. The number of nitrogens with one attached hydrogen (secondary N) is 1. The Morgan fingerprint density at radius 1 is 1.21 bits per heavy atom. The number of hydrogen-bond acceptors (Lipinski definition) is 2. The Hall–Kier alpha value is -0.860. The first-order valence-electron chi connectivity index (χ1n) is 7.64. The normalized spacial score (nSPS) is 20.4. The van der Waals surface area contributed by atoms with Crippen LogP contribution >= 0.6 is 0 Å². The van der Waals surface area contributed by atoms with Gasteiger partial charge >= 0.3 is 0 Å². The summed E-state index contributed by atoms with van der Waals surface area (Å²) in [6.07, 6.45) is 3.72. The van der Waals surface area contributed by atoms with E-state index in [1.54, 1.807) is 0 Å². The average molecular weight is 260 g/mol. The molecule has 2 nitrogen and oxygen atoms in total. The van der Waals surface area contributed by atoms with E-state index < -0.39 is 0 Å². The first-order valence-corrected chi connectivity index (χ1v) is 7.64. The van der Waals surface area contributed by atoms with E-state index in [0.29, 0.717) is 11.5 Å². The van der Waals surface area contributed by atoms with E-state index in [-0.39, 0.29) is 0 Å². The molecule has 106 valence electrons. The van der Waals surface area contributed by atoms with E-state index in [2.05, 4.69) is 61.4 Å². The summed E-state index contributed by atoms with van der Waals surface area (Å²) in [6, 6.07) is 11.8. The predicted molar refractivity (Wildman–Crippen MR) is 82.6 cm³/mol. The third-order valence-corrected chi connectivity index (χ3v) is 4.84. The molecule has 2 rings (SSSR count). The van der Waals surface area contributed by atoms with Crippen molar-refractivity contribution in [3.05, 3.63) is 35.9 Å². The molecule has 1 atom stereocenters. The van der Waals surface area contributed by atoms with E-state index in [4.69, 9.17) is 0 Å². The summed E-state index contributed by atoms with van der Waals surface area (Å²) in [5, 5.41) is 3.51. The molecule has 1 saturated heterocycles. The molecule has 1 aromatic carbocycles. The lowest BCUT2D eigenvalue weighted by atomic mass is 9.72. The van der Waals surface area contributed by atoms with Crippen LogP contribution in [0.5, 0.6) is 0 Å². The van der Waals surface area contributed by atoms with Gasteiger partial charge in [-0.15, -0.1) is 0 Å². The topological polar surface area (TPSA) is 15.3 Å². The summed E-state index contributed by atoms with van der Waals surface area (Å²) in [7, 11) is 2.28. The molecule has 0 spiro atoms. The molecule has 1 fully saturated rings. The third kappa shape index (κ3) is 3.37. The van der Waals surface area contributed by atoms with Gasteiger partial charge < -0.3 is 10.2 Å². The predicted octanol–water partition coefficient (Wildman–Crippen LogP) is 3.04. The van der Waals surface area contributed by atoms with Crippen molar-refractivity contribution in [2.24, 2.45) is 0 Å². The summed E-state index contributed by atoms with van der Waals surface area (Å²) in [5.74, 6) is 0. The largest absolute Gasteiger partial charge is 0.317 e. The standard InChI is InChI=1S/C17H28N2/c1-4-15(2)19(3)14-17(10-12-18-13-11-17)16-8-6-5-7-9-16/h5-9,15,18H,4,10-14H2,1-3H3. The average Bonchev–Trinajstić information content (AvgIpc) is 2.48. The van der Waals surface area contributed by atoms with Crippen molar-refractivity contribution in [2.75, 3.05) is 26.7 Å². The van der Waals surface area contributed by atoms with Crippen LogP contribution < -0.4 is 5.32 Å². The molecule has 0 radical (unpaired) electrons. The van der Waals surface area contributed by atoms with Crippen molar-refractivity contribution in [3.8, 4) is 0 Å². The van der Waals surface area contributed by atoms with Crippen LogP contribution in [0.25, 0.3) is 0 Å². The van der Waals surface area contributed by atoms with Gasteiger partial charge in [0.05, 0.1) is 0 Å². The van der Waals surface area contributed by atoms with Crippen LogP contribution in [0.15, 0.2) is 30.3 Å². The van der Waals surface area contributed by atoms with Crippen molar-refractivity contribution in [1.29, 1.82) is 0 Å². The highest BCUT2D eigenvalue weighted by Gasteiger charge is 2.35. The molecule has 0 amide bonds. The van der Waals surface area contributed by atoms with Crippen LogP contribution in [0.4, 0.5) is 0 Å². The minimum atomic E-state index is 0.338. The molecule has 1 aromatic rings. The van der Waals surface area contributed by atoms with E-state index in [1.807, 2.05) is 0 Å². The zero-order chi connectivity index (χ0) is 13.7. The Kier molecular flexibility index (Phi) is 5.00. The van der Waals surface area contributed by atoms with Gasteiger partial charge in [0, 0.05) is 18.0 Å². The molecule has 1 N–H and O–H groups in total. The molecule has 0 saturated carbocycles. The van der Waals surface area contributed by atoms with Gasteiger partial charge in [0.2, 0.25) is 0 Å². The monoisotopic (exact) mass is 260 g/mol. The number of hydrogen-bond donors (Lipinski definition) is 1. The fourth-order valence-corrected chi connectivity index (χ4v) is 3.18. The molecular weight excluding hydrogens is 232 g/mol. The van der Waals surface area contributed by atoms with Gasteiger partial charge in [-0.05, 0) is 51.9 Å². The third-order valence-electron chi connectivity index (χ3n) is 4.84. The van der Waals surface area contributed by atoms with Crippen LogP contribution in [0.2, 0.25) is 0 Å². The Balaban J connectivity index is 2.20. The molecule has 0 aliphatic carbocycles. The van der Waals surface area contributed by atoms with Gasteiger partial charge in [0.25, 0.3) is 0 Å². The molecular formula is C17H28N2. The maximum Gasteiger partial charge on any atom is 0.0104 e. The lowest BCUT2D eigenvalue weighted by Gasteiger charge is -2.42. The van der Waals surface area contributed by atoms with E-state index in [1.165, 1.54) is 31.4 Å². The fourth-order valence-electron chi connectivity index (χ4n) is 3.18. The quantitative estimate of drug-likeness (QED) is 0.875. The number of likely N-dealkylation sites (N-methyl/N-ethyl adjacent to an activating group) is 1. The SMILES string of the molecule is CCC(C)N(C)CC1(c2ccccc2)CCNCC1. The maximum absolute atomic E-state index is 3.51. The molecule has 0 bridgehead atoms. The minimum Gasteiger partial charge on any atom is -0.317 e. The van der Waals surface area contributed by atoms with Crippen molar-refractivity contribution >= 4 is 0 Å². The van der Waals surface area contributed by atoms with Crippen LogP contribution in [-0.4, -0.2) is 37.6 Å². The summed E-state index contributed by atoms with van der Waals surface area (Å²) in [4.78, 5) is 2.54. The van der Waals surface area contributed by atoms with Crippen molar-refractivity contribution in [2.45, 2.75) is 44.6 Å².